The summed E-state index contributed by atoms with van der Waals surface area (Å²) in [4.78, 5) is 21.4. The molecule has 2 heterocycles. The van der Waals surface area contributed by atoms with Crippen LogP contribution in [-0.4, -0.2) is 22.7 Å². The van der Waals surface area contributed by atoms with Gasteiger partial charge in [0, 0.05) is 24.0 Å². The second-order valence-corrected chi connectivity index (χ2v) is 5.17. The van der Waals surface area contributed by atoms with Crippen molar-refractivity contribution in [1.82, 2.24) is 9.71 Å². The Hall–Kier alpha value is -2.53. The molecule has 0 atom stereocenters. The molecule has 0 saturated heterocycles. The lowest BCUT2D eigenvalue weighted by molar-refractivity contribution is -0.115. The molecule has 1 N–H and O–H groups in total. The Morgan fingerprint density at radius 1 is 1.36 bits per heavy atom. The average Bonchev–Trinajstić information content (AvgIpc) is 2.88. The summed E-state index contributed by atoms with van der Waals surface area (Å²) in [6.07, 6.45) is 5.13. The molecule has 22 heavy (non-hydrogen) atoms. The van der Waals surface area contributed by atoms with E-state index in [1.165, 1.54) is 6.20 Å². The van der Waals surface area contributed by atoms with Gasteiger partial charge in [0.1, 0.15) is 7.11 Å². The van der Waals surface area contributed by atoms with Crippen LogP contribution in [0, 0.1) is 0 Å². The van der Waals surface area contributed by atoms with Gasteiger partial charge in [-0.3, -0.25) is 9.78 Å². The number of hydrogen-bond donors (Lipinski definition) is 1. The van der Waals surface area contributed by atoms with Crippen LogP contribution in [0.25, 0.3) is 10.9 Å². The third kappa shape index (κ3) is 2.76. The van der Waals surface area contributed by atoms with E-state index in [1.54, 1.807) is 24.1 Å². The number of nitrogens with zero attached hydrogens (tertiary/aromatic N) is 2. The zero-order valence-corrected chi connectivity index (χ0v) is 12.7. The van der Waals surface area contributed by atoms with Gasteiger partial charge < -0.3 is 10.2 Å². The van der Waals surface area contributed by atoms with E-state index in [0.717, 1.165) is 16.5 Å². The van der Waals surface area contributed by atoms with Crippen LogP contribution in [0.5, 0.6) is 0 Å². The molecule has 6 heteroatoms. The molecule has 0 unspecified atom stereocenters. The van der Waals surface area contributed by atoms with Gasteiger partial charge >= 0.3 is 0 Å². The molecular weight excluding hydrogens is 302 g/mol. The molecule has 0 radical (unpaired) electrons. The fourth-order valence-corrected chi connectivity index (χ4v) is 2.52. The fourth-order valence-electron chi connectivity index (χ4n) is 2.35. The second-order valence-electron chi connectivity index (χ2n) is 4.76. The number of nitrogens with one attached hydrogen (secondary N) is 1. The van der Waals surface area contributed by atoms with Crippen molar-refractivity contribution < 1.29 is 9.63 Å². The molecule has 0 fully saturated rings. The maximum atomic E-state index is 12.2. The standard InChI is InChI=1S/C16H14ClN3O2/c1-22-20-10-11(12-4-2-3-5-15(12)20)8-16(21)19-14-6-7-18-9-13(14)17/h2-7,9-10H,8H2,1H3,(H,18,19,21). The van der Waals surface area contributed by atoms with Crippen molar-refractivity contribution in [2.24, 2.45) is 0 Å². The number of carbonyl (C=O) groups is 1. The van der Waals surface area contributed by atoms with Crippen LogP contribution in [0.15, 0.2) is 48.9 Å². The summed E-state index contributed by atoms with van der Waals surface area (Å²) in [5.41, 5.74) is 2.37. The van der Waals surface area contributed by atoms with Gasteiger partial charge in [0.15, 0.2) is 0 Å². The highest BCUT2D eigenvalue weighted by Gasteiger charge is 2.13. The van der Waals surface area contributed by atoms with Gasteiger partial charge in [-0.25, -0.2) is 0 Å². The minimum absolute atomic E-state index is 0.146. The van der Waals surface area contributed by atoms with E-state index in [9.17, 15) is 4.79 Å². The van der Waals surface area contributed by atoms with Gasteiger partial charge in [-0.2, -0.15) is 4.73 Å². The topological polar surface area (TPSA) is 56.1 Å². The van der Waals surface area contributed by atoms with Crippen molar-refractivity contribution in [3.63, 3.8) is 0 Å². The van der Waals surface area contributed by atoms with E-state index in [0.29, 0.717) is 10.7 Å². The SMILES string of the molecule is COn1cc(CC(=O)Nc2ccncc2Cl)c2ccccc21. The molecule has 0 aliphatic rings. The van der Waals surface area contributed by atoms with Crippen molar-refractivity contribution in [2.45, 2.75) is 6.42 Å². The maximum absolute atomic E-state index is 12.2. The van der Waals surface area contributed by atoms with Crippen molar-refractivity contribution in [3.8, 4) is 0 Å². The minimum atomic E-state index is -0.146. The highest BCUT2D eigenvalue weighted by atomic mass is 35.5. The molecule has 0 spiro atoms. The van der Waals surface area contributed by atoms with Crippen LogP contribution in [0.1, 0.15) is 5.56 Å². The Morgan fingerprint density at radius 2 is 2.18 bits per heavy atom. The Labute approximate surface area is 132 Å². The predicted octanol–water partition coefficient (Wildman–Crippen LogP) is 2.93. The number of hydrogen-bond acceptors (Lipinski definition) is 3. The van der Waals surface area contributed by atoms with Gasteiger partial charge in [-0.1, -0.05) is 29.8 Å². The Kier molecular flexibility index (Phi) is 3.98. The molecule has 0 aliphatic heterocycles. The number of carbonyl (C=O) groups excluding carboxylic acids is 1. The largest absolute Gasteiger partial charge is 0.417 e. The van der Waals surface area contributed by atoms with E-state index in [4.69, 9.17) is 16.4 Å². The van der Waals surface area contributed by atoms with E-state index >= 15 is 0 Å². The monoisotopic (exact) mass is 315 g/mol. The number of benzene rings is 1. The van der Waals surface area contributed by atoms with Gasteiger partial charge in [-0.05, 0) is 17.7 Å². The van der Waals surface area contributed by atoms with E-state index in [2.05, 4.69) is 10.3 Å². The molecule has 3 rings (SSSR count). The van der Waals surface area contributed by atoms with E-state index in [-0.39, 0.29) is 12.3 Å². The molecule has 1 amide bonds. The molecule has 2 aromatic heterocycles. The first kappa shape index (κ1) is 14.4. The normalized spacial score (nSPS) is 10.6. The number of amides is 1. The summed E-state index contributed by atoms with van der Waals surface area (Å²) in [5.74, 6) is -0.146. The first-order valence-corrected chi connectivity index (χ1v) is 7.09. The summed E-state index contributed by atoms with van der Waals surface area (Å²) < 4.78 is 1.65. The lowest BCUT2D eigenvalue weighted by Gasteiger charge is -2.06. The van der Waals surface area contributed by atoms with Crippen molar-refractivity contribution in [1.29, 1.82) is 0 Å². The van der Waals surface area contributed by atoms with Gasteiger partial charge in [-0.15, -0.1) is 0 Å². The molecular formula is C16H14ClN3O2. The predicted molar refractivity (Wildman–Crippen MR) is 86.0 cm³/mol. The molecule has 0 saturated carbocycles. The third-order valence-electron chi connectivity index (χ3n) is 3.35. The van der Waals surface area contributed by atoms with Crippen LogP contribution in [0.4, 0.5) is 5.69 Å². The molecule has 0 aliphatic carbocycles. The van der Waals surface area contributed by atoms with Gasteiger partial charge in [0.25, 0.3) is 0 Å². The second kappa shape index (κ2) is 6.07. The first-order chi connectivity index (χ1) is 10.7. The number of para-hydroxylation sites is 1. The van der Waals surface area contributed by atoms with Crippen molar-refractivity contribution in [2.75, 3.05) is 12.4 Å². The summed E-state index contributed by atoms with van der Waals surface area (Å²) >= 11 is 5.99. The van der Waals surface area contributed by atoms with E-state index < -0.39 is 0 Å². The maximum Gasteiger partial charge on any atom is 0.228 e. The molecule has 1 aromatic carbocycles. The number of pyridine rings is 1. The third-order valence-corrected chi connectivity index (χ3v) is 3.66. The molecule has 3 aromatic rings. The summed E-state index contributed by atoms with van der Waals surface area (Å²) in [6, 6.07) is 9.44. The Morgan fingerprint density at radius 3 is 2.95 bits per heavy atom. The number of aromatic nitrogens is 2. The lowest BCUT2D eigenvalue weighted by Crippen LogP contribution is -2.14. The minimum Gasteiger partial charge on any atom is -0.417 e. The Bertz CT molecular complexity index is 829. The highest BCUT2D eigenvalue weighted by molar-refractivity contribution is 6.33. The number of halogens is 1. The smallest absolute Gasteiger partial charge is 0.228 e. The molecule has 0 bridgehead atoms. The number of rotatable bonds is 4. The van der Waals surface area contributed by atoms with Crippen molar-refractivity contribution >= 4 is 34.1 Å². The lowest BCUT2D eigenvalue weighted by atomic mass is 10.1. The van der Waals surface area contributed by atoms with Crippen LogP contribution in [0.3, 0.4) is 0 Å². The quantitative estimate of drug-likeness (QED) is 0.805. The zero-order valence-electron chi connectivity index (χ0n) is 11.9. The van der Waals surface area contributed by atoms with E-state index in [1.807, 2.05) is 30.5 Å². The summed E-state index contributed by atoms with van der Waals surface area (Å²) in [7, 11) is 1.59. The van der Waals surface area contributed by atoms with Crippen LogP contribution < -0.4 is 10.2 Å². The molecule has 5 nitrogen and oxygen atoms in total. The summed E-state index contributed by atoms with van der Waals surface area (Å²) in [5, 5.41) is 4.19. The van der Waals surface area contributed by atoms with Crippen LogP contribution in [0.2, 0.25) is 5.02 Å². The van der Waals surface area contributed by atoms with Crippen LogP contribution >= 0.6 is 11.6 Å². The zero-order chi connectivity index (χ0) is 15.5. The summed E-state index contributed by atoms with van der Waals surface area (Å²) in [6.45, 7) is 0. The highest BCUT2D eigenvalue weighted by Crippen LogP contribution is 2.23. The van der Waals surface area contributed by atoms with Gasteiger partial charge in [0.2, 0.25) is 5.91 Å². The van der Waals surface area contributed by atoms with Gasteiger partial charge in [0.05, 0.1) is 22.6 Å². The fraction of sp³-hybridized carbons (Fsp3) is 0.125. The van der Waals surface area contributed by atoms with Crippen LogP contribution in [-0.2, 0) is 11.2 Å². The number of anilines is 1. The Balaban J connectivity index is 1.84. The average molecular weight is 316 g/mol. The molecule has 112 valence electrons. The first-order valence-electron chi connectivity index (χ1n) is 6.72. The number of fused-ring (bicyclic) bond motifs is 1. The van der Waals surface area contributed by atoms with Crippen molar-refractivity contribution in [3.05, 3.63) is 59.5 Å².